The van der Waals surface area contributed by atoms with E-state index < -0.39 is 0 Å². The number of hydrogen-bond donors (Lipinski definition) is 3. The average molecular weight is 349 g/mol. The summed E-state index contributed by atoms with van der Waals surface area (Å²) in [6.45, 7) is 14.8. The Labute approximate surface area is 153 Å². The second-order valence-electron chi connectivity index (χ2n) is 6.19. The molecule has 0 saturated heterocycles. The van der Waals surface area contributed by atoms with Gasteiger partial charge in [0, 0.05) is 40.0 Å². The van der Waals surface area contributed by atoms with Crippen LogP contribution >= 0.6 is 0 Å². The molecule has 0 heterocycles. The molecule has 0 fully saturated rings. The Hall–Kier alpha value is 0.0743. The zero-order chi connectivity index (χ0) is 17.4. The van der Waals surface area contributed by atoms with E-state index in [-0.39, 0.29) is 40.0 Å². The van der Waals surface area contributed by atoms with Gasteiger partial charge >= 0.3 is 0 Å². The zero-order valence-corrected chi connectivity index (χ0v) is 17.3. The number of allylic oxidation sites excluding steroid dienone is 4. The summed E-state index contributed by atoms with van der Waals surface area (Å²) < 4.78 is 0. The van der Waals surface area contributed by atoms with Crippen molar-refractivity contribution < 1.29 is 37.0 Å². The van der Waals surface area contributed by atoms with Crippen LogP contribution in [0.2, 0.25) is 0 Å². The summed E-state index contributed by atoms with van der Waals surface area (Å²) in [6.07, 6.45) is 9.36. The maximum atomic E-state index is 8.06. The number of rotatable bonds is 2. The van der Waals surface area contributed by atoms with Gasteiger partial charge in [0.15, 0.2) is 0 Å². The molecule has 0 aromatic heterocycles. The molecule has 0 aliphatic heterocycles. The Morgan fingerprint density at radius 2 is 1.18 bits per heavy atom. The summed E-state index contributed by atoms with van der Waals surface area (Å²) >= 11 is 0. The first-order chi connectivity index (χ1) is 9.48. The Morgan fingerprint density at radius 1 is 0.864 bits per heavy atom. The number of hydrogen-bond acceptors (Lipinski definition) is 3. The molecule has 3 nitrogen and oxygen atoms in total. The molecular formula is C18H37O3Ti-. The third kappa shape index (κ3) is 59.6. The van der Waals surface area contributed by atoms with E-state index in [1.807, 2.05) is 0 Å². The van der Waals surface area contributed by atoms with Crippen LogP contribution in [0.25, 0.3) is 0 Å². The normalized spacial score (nSPS) is 11.9. The molecule has 4 heteroatoms. The van der Waals surface area contributed by atoms with Crippen molar-refractivity contribution in [3.63, 3.8) is 0 Å². The van der Waals surface area contributed by atoms with E-state index >= 15 is 0 Å². The minimum Gasteiger partial charge on any atom is -0.394 e. The summed E-state index contributed by atoms with van der Waals surface area (Å²) in [5, 5.41) is 24.2. The maximum Gasteiger partial charge on any atom is 0.0483 e. The van der Waals surface area contributed by atoms with Gasteiger partial charge in [-0.2, -0.15) is 6.08 Å². The molecule has 0 spiro atoms. The quantitative estimate of drug-likeness (QED) is 0.524. The van der Waals surface area contributed by atoms with Gasteiger partial charge in [-0.05, 0) is 47.5 Å². The molecule has 0 unspecified atom stereocenters. The van der Waals surface area contributed by atoms with Gasteiger partial charge in [-0.25, -0.2) is 11.6 Å². The smallest absolute Gasteiger partial charge is 0.0483 e. The Kier molecular flexibility index (Phi) is 28.7. The van der Waals surface area contributed by atoms with Crippen LogP contribution in [0.15, 0.2) is 17.7 Å². The van der Waals surface area contributed by atoms with Gasteiger partial charge in [0.05, 0.1) is 0 Å². The number of aliphatic hydroxyl groups is 3. The van der Waals surface area contributed by atoms with Crippen molar-refractivity contribution in [1.29, 1.82) is 0 Å². The van der Waals surface area contributed by atoms with Crippen molar-refractivity contribution in [3.8, 4) is 0 Å². The fourth-order valence-electron chi connectivity index (χ4n) is 1.03. The van der Waals surface area contributed by atoms with Crippen LogP contribution in [0.3, 0.4) is 0 Å². The van der Waals surface area contributed by atoms with Gasteiger partial charge in [0.1, 0.15) is 0 Å². The van der Waals surface area contributed by atoms with Crippen molar-refractivity contribution in [2.45, 2.75) is 86.5 Å². The van der Waals surface area contributed by atoms with E-state index in [2.05, 4.69) is 32.1 Å². The van der Waals surface area contributed by atoms with Crippen LogP contribution in [-0.2, 0) is 21.7 Å². The molecule has 0 aromatic carbocycles. The second kappa shape index (κ2) is 21.1. The van der Waals surface area contributed by atoms with E-state index in [0.717, 1.165) is 12.3 Å². The van der Waals surface area contributed by atoms with E-state index in [1.54, 1.807) is 41.5 Å². The first-order valence-corrected chi connectivity index (χ1v) is 7.79. The largest absolute Gasteiger partial charge is 0.394 e. The van der Waals surface area contributed by atoms with Crippen molar-refractivity contribution >= 4 is 0 Å². The summed E-state index contributed by atoms with van der Waals surface area (Å²) in [4.78, 5) is 0. The van der Waals surface area contributed by atoms with Crippen molar-refractivity contribution in [2.24, 2.45) is 5.92 Å². The van der Waals surface area contributed by atoms with Crippen LogP contribution in [-0.4, -0.2) is 33.6 Å². The van der Waals surface area contributed by atoms with Gasteiger partial charge in [0.25, 0.3) is 0 Å². The minimum absolute atomic E-state index is 0. The molecule has 1 rings (SSSR count). The van der Waals surface area contributed by atoms with Crippen LogP contribution < -0.4 is 0 Å². The number of aliphatic hydroxyl groups excluding tert-OH is 3. The molecular weight excluding hydrogens is 312 g/mol. The standard InChI is InChI=1S/C9H13.3C3H8O.Ti/c1-8(2)7-9-5-3-4-6-9;3*1-3(2)4;/h3,5,8H,4,7H2,1-2H3;3*3-4H,1-2H3;/q-1;;;;. The molecule has 0 amide bonds. The Balaban J connectivity index is -0.000000107. The molecule has 132 valence electrons. The van der Waals surface area contributed by atoms with Crippen LogP contribution in [0, 0.1) is 12.0 Å². The zero-order valence-electron chi connectivity index (χ0n) is 15.7. The van der Waals surface area contributed by atoms with Gasteiger partial charge in [-0.3, -0.25) is 6.08 Å². The van der Waals surface area contributed by atoms with Gasteiger partial charge in [-0.1, -0.05) is 20.3 Å². The Bertz CT molecular complexity index is 235. The topological polar surface area (TPSA) is 60.7 Å². The van der Waals surface area contributed by atoms with E-state index in [4.69, 9.17) is 15.3 Å². The summed E-state index contributed by atoms with van der Waals surface area (Å²) in [5.41, 5.74) is 1.39. The fourth-order valence-corrected chi connectivity index (χ4v) is 1.03. The third-order valence-electron chi connectivity index (χ3n) is 1.39. The minimum atomic E-state index is -0.167. The van der Waals surface area contributed by atoms with E-state index in [9.17, 15) is 0 Å². The molecule has 0 aromatic rings. The SMILES string of the molecule is CC(C)CC1=[C-]CC=C1.CC(C)O.CC(C)O.CC(C)O.[Ti]. The van der Waals surface area contributed by atoms with Gasteiger partial charge in [0.2, 0.25) is 0 Å². The average Bonchev–Trinajstić information content (AvgIpc) is 2.65. The van der Waals surface area contributed by atoms with Crippen molar-refractivity contribution in [2.75, 3.05) is 0 Å². The Morgan fingerprint density at radius 3 is 1.36 bits per heavy atom. The van der Waals surface area contributed by atoms with Crippen molar-refractivity contribution in [3.05, 3.63) is 23.8 Å². The molecule has 1 aliphatic carbocycles. The first kappa shape index (κ1) is 30.0. The fraction of sp³-hybridized carbons (Fsp3) is 0.778. The van der Waals surface area contributed by atoms with Gasteiger partial charge in [-0.15, -0.1) is 6.42 Å². The predicted octanol–water partition coefficient (Wildman–Crippen LogP) is 3.88. The third-order valence-corrected chi connectivity index (χ3v) is 1.39. The first-order valence-electron chi connectivity index (χ1n) is 7.79. The van der Waals surface area contributed by atoms with Crippen LogP contribution in [0.1, 0.15) is 68.2 Å². The molecule has 1 aliphatic rings. The monoisotopic (exact) mass is 349 g/mol. The summed E-state index contributed by atoms with van der Waals surface area (Å²) in [7, 11) is 0. The molecule has 0 radical (unpaired) electrons. The maximum absolute atomic E-state index is 8.06. The molecule has 3 N–H and O–H groups in total. The van der Waals surface area contributed by atoms with Gasteiger partial charge < -0.3 is 15.3 Å². The molecule has 0 bridgehead atoms. The van der Waals surface area contributed by atoms with E-state index in [1.165, 1.54) is 12.0 Å². The van der Waals surface area contributed by atoms with E-state index in [0.29, 0.717) is 0 Å². The second-order valence-corrected chi connectivity index (χ2v) is 6.19. The predicted molar refractivity (Wildman–Crippen MR) is 92.0 cm³/mol. The van der Waals surface area contributed by atoms with Crippen LogP contribution in [0.4, 0.5) is 0 Å². The summed E-state index contributed by atoms with van der Waals surface area (Å²) in [5.74, 6) is 0.773. The van der Waals surface area contributed by atoms with Crippen molar-refractivity contribution in [1.82, 2.24) is 0 Å². The molecule has 0 saturated carbocycles. The summed E-state index contributed by atoms with van der Waals surface area (Å²) in [6, 6.07) is 0. The molecule has 22 heavy (non-hydrogen) atoms. The van der Waals surface area contributed by atoms with Crippen LogP contribution in [0.5, 0.6) is 0 Å². The molecule has 0 atom stereocenters.